The summed E-state index contributed by atoms with van der Waals surface area (Å²) in [6.07, 6.45) is 11.8. The largest absolute Gasteiger partial charge is 0.494 e. The molecule has 11 heteroatoms. The summed E-state index contributed by atoms with van der Waals surface area (Å²) in [7, 11) is 0.622. The van der Waals surface area contributed by atoms with Gasteiger partial charge >= 0.3 is 0 Å². The van der Waals surface area contributed by atoms with Gasteiger partial charge in [0.2, 0.25) is 5.95 Å². The number of nitrogens with zero attached hydrogens (tertiary/aromatic N) is 6. The molecule has 38 heavy (non-hydrogen) atoms. The molecular formula is C27H33N7O3S. The van der Waals surface area contributed by atoms with E-state index >= 15 is 0 Å². The fraction of sp³-hybridized carbons (Fsp3) is 0.444. The van der Waals surface area contributed by atoms with Gasteiger partial charge in [0, 0.05) is 61.3 Å². The Morgan fingerprint density at radius 3 is 2.55 bits per heavy atom. The minimum atomic E-state index is -2.94. The van der Waals surface area contributed by atoms with Gasteiger partial charge in [0.25, 0.3) is 0 Å². The second-order valence-corrected chi connectivity index (χ2v) is 12.5. The Morgan fingerprint density at radius 1 is 1.05 bits per heavy atom. The van der Waals surface area contributed by atoms with E-state index in [0.29, 0.717) is 30.8 Å². The molecule has 0 spiro atoms. The molecule has 0 unspecified atom stereocenters. The number of nitrogens with one attached hydrogen (secondary N) is 1. The Labute approximate surface area is 222 Å². The van der Waals surface area contributed by atoms with Crippen molar-refractivity contribution in [3.8, 4) is 17.0 Å². The van der Waals surface area contributed by atoms with E-state index < -0.39 is 9.84 Å². The van der Waals surface area contributed by atoms with Crippen molar-refractivity contribution in [2.24, 2.45) is 7.05 Å². The lowest BCUT2D eigenvalue weighted by Gasteiger charge is -2.29. The fourth-order valence-corrected chi connectivity index (χ4v) is 6.83. The zero-order valence-corrected chi connectivity index (χ0v) is 22.6. The number of fused-ring (bicyclic) bond motifs is 1. The zero-order chi connectivity index (χ0) is 26.3. The molecule has 4 heterocycles. The standard InChI is InChI=1S/C27H33N7O3S/c1-32-18-20(17-29-32)24-14-19-16-28-27(31-26(19)34(24)21-6-4-3-5-7-21)30-23-9-8-22(15-25(23)37-2)33-10-12-38(35,36)13-11-33/h8-9,14-18,21H,3-7,10-13H2,1-2H3,(H,28,30,31). The van der Waals surface area contributed by atoms with Gasteiger partial charge in [-0.1, -0.05) is 19.3 Å². The van der Waals surface area contributed by atoms with Crippen molar-refractivity contribution >= 4 is 38.2 Å². The molecule has 1 aliphatic carbocycles. The van der Waals surface area contributed by atoms with Crippen molar-refractivity contribution in [2.45, 2.75) is 38.1 Å². The summed E-state index contributed by atoms with van der Waals surface area (Å²) in [6.45, 7) is 0.963. The summed E-state index contributed by atoms with van der Waals surface area (Å²) in [4.78, 5) is 11.7. The van der Waals surface area contributed by atoms with Crippen LogP contribution in [0.2, 0.25) is 0 Å². The molecule has 200 valence electrons. The molecule has 0 atom stereocenters. The molecule has 0 radical (unpaired) electrons. The van der Waals surface area contributed by atoms with Crippen LogP contribution in [-0.4, -0.2) is 64.4 Å². The van der Waals surface area contributed by atoms with Gasteiger partial charge in [-0.05, 0) is 31.0 Å². The molecule has 1 saturated carbocycles. The topological polar surface area (TPSA) is 107 Å². The number of hydrogen-bond acceptors (Lipinski definition) is 8. The van der Waals surface area contributed by atoms with E-state index in [2.05, 4.69) is 30.9 Å². The van der Waals surface area contributed by atoms with Crippen LogP contribution in [0.1, 0.15) is 38.1 Å². The third-order valence-electron chi connectivity index (χ3n) is 7.66. The average molecular weight is 536 g/mol. The number of sulfone groups is 1. The van der Waals surface area contributed by atoms with Crippen LogP contribution in [0.25, 0.3) is 22.3 Å². The maximum atomic E-state index is 11.8. The SMILES string of the molecule is COc1cc(N2CCS(=O)(=O)CC2)ccc1Nc1ncc2cc(-c3cnn(C)c3)n(C3CCCCC3)c2n1. The first kappa shape index (κ1) is 24.7. The molecule has 1 N–H and O–H groups in total. The van der Waals surface area contributed by atoms with E-state index in [1.165, 1.54) is 19.3 Å². The van der Waals surface area contributed by atoms with Gasteiger partial charge in [-0.3, -0.25) is 4.68 Å². The molecule has 0 bridgehead atoms. The van der Waals surface area contributed by atoms with Crippen LogP contribution in [0.5, 0.6) is 5.75 Å². The summed E-state index contributed by atoms with van der Waals surface area (Å²) >= 11 is 0. The molecule has 6 rings (SSSR count). The molecule has 0 amide bonds. The third kappa shape index (κ3) is 4.82. The van der Waals surface area contributed by atoms with E-state index in [0.717, 1.165) is 46.5 Å². The summed E-state index contributed by atoms with van der Waals surface area (Å²) in [6, 6.07) is 8.41. The number of ether oxygens (including phenoxy) is 1. The van der Waals surface area contributed by atoms with Gasteiger partial charge in [0.05, 0.1) is 36.2 Å². The second-order valence-electron chi connectivity index (χ2n) is 10.2. The third-order valence-corrected chi connectivity index (χ3v) is 9.27. The van der Waals surface area contributed by atoms with Gasteiger partial charge in [-0.25, -0.2) is 13.4 Å². The Bertz CT molecular complexity index is 1560. The summed E-state index contributed by atoms with van der Waals surface area (Å²) in [5.74, 6) is 1.49. The highest BCUT2D eigenvalue weighted by Crippen LogP contribution is 2.38. The van der Waals surface area contributed by atoms with E-state index in [9.17, 15) is 8.42 Å². The Balaban J connectivity index is 1.33. The first-order valence-electron chi connectivity index (χ1n) is 13.2. The minimum Gasteiger partial charge on any atom is -0.494 e. The molecule has 1 aliphatic heterocycles. The lowest BCUT2D eigenvalue weighted by Crippen LogP contribution is -2.40. The van der Waals surface area contributed by atoms with E-state index in [-0.39, 0.29) is 11.5 Å². The monoisotopic (exact) mass is 535 g/mol. The minimum absolute atomic E-state index is 0.171. The summed E-state index contributed by atoms with van der Waals surface area (Å²) < 4.78 is 33.5. The smallest absolute Gasteiger partial charge is 0.229 e. The number of aromatic nitrogens is 5. The lowest BCUT2D eigenvalue weighted by molar-refractivity contribution is 0.362. The van der Waals surface area contributed by atoms with Crippen molar-refractivity contribution in [2.75, 3.05) is 41.9 Å². The first-order valence-corrected chi connectivity index (χ1v) is 15.0. The highest BCUT2D eigenvalue weighted by Gasteiger charge is 2.24. The van der Waals surface area contributed by atoms with Crippen molar-refractivity contribution in [3.63, 3.8) is 0 Å². The zero-order valence-electron chi connectivity index (χ0n) is 21.8. The Kier molecular flexibility index (Phi) is 6.46. The number of benzene rings is 1. The highest BCUT2D eigenvalue weighted by molar-refractivity contribution is 7.91. The van der Waals surface area contributed by atoms with E-state index in [1.54, 1.807) is 7.11 Å². The normalized spacial score (nSPS) is 18.1. The number of aryl methyl sites for hydroxylation is 1. The average Bonchev–Trinajstić information content (AvgIpc) is 3.52. The summed E-state index contributed by atoms with van der Waals surface area (Å²) in [5, 5.41) is 8.75. The van der Waals surface area contributed by atoms with Crippen molar-refractivity contribution in [3.05, 3.63) is 42.9 Å². The summed E-state index contributed by atoms with van der Waals surface area (Å²) in [5.41, 5.74) is 4.80. The number of anilines is 3. The molecule has 10 nitrogen and oxygen atoms in total. The molecule has 3 aromatic heterocycles. The second kappa shape index (κ2) is 9.94. The number of methoxy groups -OCH3 is 1. The van der Waals surface area contributed by atoms with Gasteiger partial charge in [-0.15, -0.1) is 0 Å². The van der Waals surface area contributed by atoms with Crippen LogP contribution in [-0.2, 0) is 16.9 Å². The van der Waals surface area contributed by atoms with Crippen LogP contribution in [0.15, 0.2) is 42.9 Å². The lowest BCUT2D eigenvalue weighted by atomic mass is 9.95. The molecule has 4 aromatic rings. The predicted octanol–water partition coefficient (Wildman–Crippen LogP) is 4.32. The van der Waals surface area contributed by atoms with Crippen LogP contribution < -0.4 is 15.0 Å². The highest BCUT2D eigenvalue weighted by atomic mass is 32.2. The van der Waals surface area contributed by atoms with Crippen molar-refractivity contribution in [1.82, 2.24) is 24.3 Å². The quantitative estimate of drug-likeness (QED) is 0.389. The maximum absolute atomic E-state index is 11.8. The Hall–Kier alpha value is -3.60. The fourth-order valence-electron chi connectivity index (χ4n) is 5.62. The van der Waals surface area contributed by atoms with Gasteiger partial charge in [0.1, 0.15) is 11.4 Å². The number of rotatable bonds is 6. The number of hydrogen-bond donors (Lipinski definition) is 1. The Morgan fingerprint density at radius 2 is 1.84 bits per heavy atom. The molecule has 1 saturated heterocycles. The van der Waals surface area contributed by atoms with Crippen LogP contribution in [0.3, 0.4) is 0 Å². The van der Waals surface area contributed by atoms with Gasteiger partial charge < -0.3 is 19.5 Å². The predicted molar refractivity (Wildman–Crippen MR) is 149 cm³/mol. The van der Waals surface area contributed by atoms with Crippen molar-refractivity contribution < 1.29 is 13.2 Å². The molecule has 1 aromatic carbocycles. The van der Waals surface area contributed by atoms with E-state index in [1.807, 2.05) is 48.5 Å². The molecule has 2 fully saturated rings. The maximum Gasteiger partial charge on any atom is 0.229 e. The van der Waals surface area contributed by atoms with Crippen LogP contribution >= 0.6 is 0 Å². The van der Waals surface area contributed by atoms with Crippen LogP contribution in [0, 0.1) is 0 Å². The van der Waals surface area contributed by atoms with Gasteiger partial charge in [-0.2, -0.15) is 10.1 Å². The van der Waals surface area contributed by atoms with Crippen molar-refractivity contribution in [1.29, 1.82) is 0 Å². The first-order chi connectivity index (χ1) is 18.4. The molecular weight excluding hydrogens is 502 g/mol. The van der Waals surface area contributed by atoms with Gasteiger partial charge in [0.15, 0.2) is 9.84 Å². The van der Waals surface area contributed by atoms with Crippen LogP contribution in [0.4, 0.5) is 17.3 Å². The van der Waals surface area contributed by atoms with E-state index in [4.69, 9.17) is 9.72 Å². The molecule has 2 aliphatic rings.